The lowest BCUT2D eigenvalue weighted by atomic mass is 10.1. The quantitative estimate of drug-likeness (QED) is 0.693. The molecule has 0 spiro atoms. The van der Waals surface area contributed by atoms with E-state index in [4.69, 9.17) is 23.7 Å². The Balaban J connectivity index is 2.11. The molecule has 24 heavy (non-hydrogen) atoms. The summed E-state index contributed by atoms with van der Waals surface area (Å²) in [6.45, 7) is -0.127. The van der Waals surface area contributed by atoms with Gasteiger partial charge in [-0.05, 0) is 30.3 Å². The molecule has 0 atom stereocenters. The van der Waals surface area contributed by atoms with Crippen LogP contribution in [0, 0.1) is 0 Å². The molecule has 0 bridgehead atoms. The van der Waals surface area contributed by atoms with Crippen LogP contribution in [-0.2, 0) is 0 Å². The molecule has 2 rings (SSSR count). The normalized spacial score (nSPS) is 10.0. The van der Waals surface area contributed by atoms with E-state index in [1.165, 1.54) is 14.2 Å². The van der Waals surface area contributed by atoms with Crippen LogP contribution in [-0.4, -0.2) is 40.8 Å². The van der Waals surface area contributed by atoms with Crippen molar-refractivity contribution in [1.29, 1.82) is 0 Å². The number of ether oxygens (including phenoxy) is 5. The van der Waals surface area contributed by atoms with E-state index in [0.29, 0.717) is 34.3 Å². The number of benzene rings is 2. The lowest BCUT2D eigenvalue weighted by molar-refractivity contribution is 0.0919. The summed E-state index contributed by atoms with van der Waals surface area (Å²) < 4.78 is 26.3. The van der Waals surface area contributed by atoms with Crippen molar-refractivity contribution in [2.45, 2.75) is 0 Å². The minimum absolute atomic E-state index is 0.127. The topological polar surface area (TPSA) is 63.2 Å². The first-order valence-corrected chi connectivity index (χ1v) is 7.23. The molecule has 0 aliphatic heterocycles. The molecule has 0 fully saturated rings. The second-order valence-corrected chi connectivity index (χ2v) is 4.80. The second kappa shape index (κ2) is 8.10. The Morgan fingerprint density at radius 3 is 2.00 bits per heavy atom. The molecule has 0 aliphatic rings. The fourth-order valence-corrected chi connectivity index (χ4v) is 2.13. The highest BCUT2D eigenvalue weighted by atomic mass is 16.5. The van der Waals surface area contributed by atoms with Gasteiger partial charge < -0.3 is 23.7 Å². The van der Waals surface area contributed by atoms with Crippen LogP contribution in [0.25, 0.3) is 0 Å². The van der Waals surface area contributed by atoms with Crippen LogP contribution >= 0.6 is 0 Å². The number of carbonyl (C=O) groups excluding carboxylic acids is 1. The van der Waals surface area contributed by atoms with Crippen molar-refractivity contribution in [3.8, 4) is 28.7 Å². The van der Waals surface area contributed by atoms with Gasteiger partial charge in [0, 0.05) is 11.6 Å². The van der Waals surface area contributed by atoms with Gasteiger partial charge in [0.25, 0.3) is 0 Å². The molecule has 0 saturated carbocycles. The maximum Gasteiger partial charge on any atom is 0.200 e. The van der Waals surface area contributed by atoms with E-state index < -0.39 is 0 Å². The van der Waals surface area contributed by atoms with Crippen molar-refractivity contribution < 1.29 is 28.5 Å². The molecule has 0 saturated heterocycles. The lowest BCUT2D eigenvalue weighted by Gasteiger charge is -2.12. The van der Waals surface area contributed by atoms with E-state index in [-0.39, 0.29) is 12.4 Å². The van der Waals surface area contributed by atoms with Crippen molar-refractivity contribution in [2.24, 2.45) is 0 Å². The first kappa shape index (κ1) is 17.5. The first-order valence-electron chi connectivity index (χ1n) is 7.23. The first-order chi connectivity index (χ1) is 11.6. The number of carbonyl (C=O) groups is 1. The van der Waals surface area contributed by atoms with Crippen LogP contribution in [0.1, 0.15) is 10.4 Å². The number of hydrogen-bond donors (Lipinski definition) is 0. The number of hydrogen-bond acceptors (Lipinski definition) is 6. The Morgan fingerprint density at radius 1 is 0.750 bits per heavy atom. The average Bonchev–Trinajstić information content (AvgIpc) is 2.65. The third kappa shape index (κ3) is 3.90. The van der Waals surface area contributed by atoms with E-state index in [2.05, 4.69) is 0 Å². The van der Waals surface area contributed by atoms with Gasteiger partial charge >= 0.3 is 0 Å². The maximum atomic E-state index is 12.3. The summed E-state index contributed by atoms with van der Waals surface area (Å²) >= 11 is 0. The minimum Gasteiger partial charge on any atom is -0.497 e. The molecule has 2 aromatic rings. The van der Waals surface area contributed by atoms with Gasteiger partial charge in [-0.25, -0.2) is 0 Å². The molecular weight excluding hydrogens is 312 g/mol. The highest BCUT2D eigenvalue weighted by Crippen LogP contribution is 2.31. The van der Waals surface area contributed by atoms with Gasteiger partial charge in [-0.15, -0.1) is 0 Å². The van der Waals surface area contributed by atoms with Crippen LogP contribution in [0.15, 0.2) is 36.4 Å². The molecule has 6 heteroatoms. The Kier molecular flexibility index (Phi) is 5.89. The number of rotatable bonds is 8. The SMILES string of the molecule is COc1ccc(OCC(=O)c2ccc(OC)c(OC)c2)c(OC)c1. The molecular formula is C18H20O6. The summed E-state index contributed by atoms with van der Waals surface area (Å²) in [6, 6.07) is 10.1. The van der Waals surface area contributed by atoms with Crippen LogP contribution in [0.5, 0.6) is 28.7 Å². The minimum atomic E-state index is -0.186. The van der Waals surface area contributed by atoms with Gasteiger partial charge in [0.1, 0.15) is 5.75 Å². The Labute approximate surface area is 140 Å². The fraction of sp³-hybridized carbons (Fsp3) is 0.278. The molecule has 6 nitrogen and oxygen atoms in total. The van der Waals surface area contributed by atoms with Crippen molar-refractivity contribution in [2.75, 3.05) is 35.0 Å². The molecule has 0 aromatic heterocycles. The maximum absolute atomic E-state index is 12.3. The number of Topliss-reactive ketones (excluding diaryl/α,β-unsaturated/α-hetero) is 1. The monoisotopic (exact) mass is 332 g/mol. The number of methoxy groups -OCH3 is 4. The van der Waals surface area contributed by atoms with E-state index in [1.54, 1.807) is 50.6 Å². The zero-order valence-corrected chi connectivity index (χ0v) is 14.1. The average molecular weight is 332 g/mol. The summed E-state index contributed by atoms with van der Waals surface area (Å²) in [7, 11) is 6.15. The molecule has 0 N–H and O–H groups in total. The van der Waals surface area contributed by atoms with Crippen molar-refractivity contribution in [1.82, 2.24) is 0 Å². The van der Waals surface area contributed by atoms with Gasteiger partial charge in [-0.2, -0.15) is 0 Å². The highest BCUT2D eigenvalue weighted by molar-refractivity contribution is 5.97. The molecule has 0 radical (unpaired) electrons. The largest absolute Gasteiger partial charge is 0.497 e. The van der Waals surface area contributed by atoms with Crippen LogP contribution in [0.2, 0.25) is 0 Å². The third-order valence-corrected chi connectivity index (χ3v) is 3.44. The van der Waals surface area contributed by atoms with E-state index in [1.807, 2.05) is 0 Å². The summed E-state index contributed by atoms with van der Waals surface area (Å²) in [5.41, 5.74) is 0.472. The zero-order chi connectivity index (χ0) is 17.5. The predicted octanol–water partition coefficient (Wildman–Crippen LogP) is 2.98. The van der Waals surface area contributed by atoms with Crippen LogP contribution < -0.4 is 23.7 Å². The number of ketones is 1. The van der Waals surface area contributed by atoms with Gasteiger partial charge in [-0.3, -0.25) is 4.79 Å². The summed E-state index contributed by atoms with van der Waals surface area (Å²) in [4.78, 5) is 12.3. The third-order valence-electron chi connectivity index (χ3n) is 3.44. The lowest BCUT2D eigenvalue weighted by Crippen LogP contribution is -2.12. The van der Waals surface area contributed by atoms with Crippen LogP contribution in [0.4, 0.5) is 0 Å². The summed E-state index contributed by atoms with van der Waals surface area (Å²) in [5, 5.41) is 0. The van der Waals surface area contributed by atoms with Gasteiger partial charge in [0.05, 0.1) is 28.4 Å². The molecule has 0 unspecified atom stereocenters. The molecule has 0 amide bonds. The summed E-state index contributed by atoms with van der Waals surface area (Å²) in [5.74, 6) is 2.47. The van der Waals surface area contributed by atoms with Gasteiger partial charge in [0.15, 0.2) is 35.4 Å². The van der Waals surface area contributed by atoms with E-state index in [0.717, 1.165) is 0 Å². The Morgan fingerprint density at radius 2 is 1.38 bits per heavy atom. The van der Waals surface area contributed by atoms with Crippen molar-refractivity contribution in [3.05, 3.63) is 42.0 Å². The van der Waals surface area contributed by atoms with Gasteiger partial charge in [0.2, 0.25) is 0 Å². The van der Waals surface area contributed by atoms with Crippen LogP contribution in [0.3, 0.4) is 0 Å². The fourth-order valence-electron chi connectivity index (χ4n) is 2.13. The van der Waals surface area contributed by atoms with E-state index >= 15 is 0 Å². The second-order valence-electron chi connectivity index (χ2n) is 4.80. The Hall–Kier alpha value is -2.89. The van der Waals surface area contributed by atoms with E-state index in [9.17, 15) is 4.79 Å². The molecule has 2 aromatic carbocycles. The molecule has 0 aliphatic carbocycles. The highest BCUT2D eigenvalue weighted by Gasteiger charge is 2.13. The smallest absolute Gasteiger partial charge is 0.200 e. The molecule has 128 valence electrons. The Bertz CT molecular complexity index is 711. The van der Waals surface area contributed by atoms with Gasteiger partial charge in [-0.1, -0.05) is 0 Å². The van der Waals surface area contributed by atoms with Crippen molar-refractivity contribution in [3.63, 3.8) is 0 Å². The zero-order valence-electron chi connectivity index (χ0n) is 14.1. The standard InChI is InChI=1S/C18H20O6/c1-20-13-6-8-16(18(10-13)23-4)24-11-14(19)12-5-7-15(21-2)17(9-12)22-3/h5-10H,11H2,1-4H3. The predicted molar refractivity (Wildman–Crippen MR) is 88.9 cm³/mol. The molecule has 0 heterocycles. The summed E-state index contributed by atoms with van der Waals surface area (Å²) in [6.07, 6.45) is 0. The van der Waals surface area contributed by atoms with Crippen molar-refractivity contribution >= 4 is 5.78 Å².